The Bertz CT molecular complexity index is 897. The zero-order valence-corrected chi connectivity index (χ0v) is 17.9. The first-order valence-corrected chi connectivity index (χ1v) is 11.8. The van der Waals surface area contributed by atoms with Crippen LogP contribution in [-0.4, -0.2) is 40.4 Å². The lowest BCUT2D eigenvalue weighted by Crippen LogP contribution is -2.24. The minimum atomic E-state index is -0.587. The van der Waals surface area contributed by atoms with Gasteiger partial charge in [-0.3, -0.25) is 4.79 Å². The molecule has 1 aromatic heterocycles. The predicted molar refractivity (Wildman–Crippen MR) is 115 cm³/mol. The maximum Gasteiger partial charge on any atom is 0.261 e. The summed E-state index contributed by atoms with van der Waals surface area (Å²) in [6, 6.07) is 2.95. The lowest BCUT2D eigenvalue weighted by molar-refractivity contribution is 0.0391. The van der Waals surface area contributed by atoms with Crippen LogP contribution in [0, 0.1) is 11.7 Å². The molecule has 0 bridgehead atoms. The van der Waals surface area contributed by atoms with Gasteiger partial charge in [0.15, 0.2) is 0 Å². The average molecular weight is 441 g/mol. The Morgan fingerprint density at radius 1 is 1.21 bits per heavy atom. The molecule has 2 aromatic rings. The van der Waals surface area contributed by atoms with E-state index in [0.717, 1.165) is 38.5 Å². The van der Waals surface area contributed by atoms with Crippen LogP contribution in [0.1, 0.15) is 44.3 Å². The summed E-state index contributed by atoms with van der Waals surface area (Å²) in [6.07, 6.45) is 6.84. The second kappa shape index (κ2) is 9.67. The van der Waals surface area contributed by atoms with Crippen molar-refractivity contribution in [3.63, 3.8) is 0 Å². The van der Waals surface area contributed by atoms with Gasteiger partial charge >= 0.3 is 0 Å². The van der Waals surface area contributed by atoms with Gasteiger partial charge in [-0.15, -0.1) is 11.6 Å². The number of ether oxygens (including phenoxy) is 2. The zero-order chi connectivity index (χ0) is 20.2. The number of hydrogen-bond donors (Lipinski definition) is 1. The monoisotopic (exact) mass is 440 g/mol. The van der Waals surface area contributed by atoms with Crippen LogP contribution < -0.4 is 10.3 Å². The normalized spacial score (nSPS) is 22.1. The highest BCUT2D eigenvalue weighted by Gasteiger charge is 2.23. The van der Waals surface area contributed by atoms with E-state index in [2.05, 4.69) is 9.97 Å². The number of alkyl halides is 1. The first-order valence-electron chi connectivity index (χ1n) is 10.3. The highest BCUT2D eigenvalue weighted by atomic mass is 35.5. The molecule has 2 aliphatic carbocycles. The third-order valence-electron chi connectivity index (χ3n) is 5.47. The summed E-state index contributed by atoms with van der Waals surface area (Å²) in [7, 11) is 0. The van der Waals surface area contributed by atoms with Gasteiger partial charge in [0.2, 0.25) is 0 Å². The van der Waals surface area contributed by atoms with Crippen molar-refractivity contribution in [3.8, 4) is 5.75 Å². The maximum atomic E-state index is 14.4. The third kappa shape index (κ3) is 5.64. The number of nitrogens with zero attached hydrogens (tertiary/aromatic N) is 1. The van der Waals surface area contributed by atoms with Gasteiger partial charge in [0.1, 0.15) is 22.8 Å². The molecule has 158 valence electrons. The Labute approximate surface area is 178 Å². The molecule has 0 amide bonds. The molecule has 0 saturated heterocycles. The largest absolute Gasteiger partial charge is 0.493 e. The smallest absolute Gasteiger partial charge is 0.261 e. The van der Waals surface area contributed by atoms with E-state index in [1.165, 1.54) is 6.07 Å². The van der Waals surface area contributed by atoms with Gasteiger partial charge in [0.05, 0.1) is 30.6 Å². The highest BCUT2D eigenvalue weighted by molar-refractivity contribution is 7.99. The molecular weight excluding hydrogens is 415 g/mol. The number of thioether (sulfide) groups is 1. The van der Waals surface area contributed by atoms with Crippen molar-refractivity contribution in [1.82, 2.24) is 9.97 Å². The molecule has 8 heteroatoms. The molecule has 2 fully saturated rings. The van der Waals surface area contributed by atoms with Crippen LogP contribution in [0.5, 0.6) is 5.75 Å². The van der Waals surface area contributed by atoms with Crippen molar-refractivity contribution in [3.05, 3.63) is 34.1 Å². The molecule has 0 aliphatic heterocycles. The lowest BCUT2D eigenvalue weighted by atomic mass is 9.97. The van der Waals surface area contributed by atoms with Gasteiger partial charge in [-0.1, -0.05) is 0 Å². The number of hydrogen-bond acceptors (Lipinski definition) is 5. The number of benzene rings is 1. The Morgan fingerprint density at radius 2 is 2.00 bits per heavy atom. The topological polar surface area (TPSA) is 64.2 Å². The van der Waals surface area contributed by atoms with Gasteiger partial charge < -0.3 is 14.5 Å². The maximum absolute atomic E-state index is 14.4. The fraction of sp³-hybridized carbons (Fsp3) is 0.619. The van der Waals surface area contributed by atoms with E-state index in [-0.39, 0.29) is 5.39 Å². The van der Waals surface area contributed by atoms with Crippen molar-refractivity contribution in [2.75, 3.05) is 19.1 Å². The molecule has 0 radical (unpaired) electrons. The Hall–Kier alpha value is -1.31. The first kappa shape index (κ1) is 20.9. The fourth-order valence-corrected chi connectivity index (χ4v) is 4.90. The summed E-state index contributed by atoms with van der Waals surface area (Å²) < 4.78 is 25.8. The van der Waals surface area contributed by atoms with Crippen LogP contribution in [0.3, 0.4) is 0 Å². The molecule has 2 saturated carbocycles. The molecule has 5 nitrogen and oxygen atoms in total. The Morgan fingerprint density at radius 3 is 2.72 bits per heavy atom. The van der Waals surface area contributed by atoms with Crippen LogP contribution in [0.4, 0.5) is 4.39 Å². The van der Waals surface area contributed by atoms with Crippen molar-refractivity contribution in [1.29, 1.82) is 0 Å². The van der Waals surface area contributed by atoms with E-state index in [1.807, 2.05) is 0 Å². The van der Waals surface area contributed by atoms with Gasteiger partial charge in [0, 0.05) is 23.3 Å². The summed E-state index contributed by atoms with van der Waals surface area (Å²) in [4.78, 5) is 19.6. The molecule has 4 rings (SSSR count). The van der Waals surface area contributed by atoms with E-state index in [0.29, 0.717) is 59.2 Å². The number of halogens is 2. The predicted octanol–water partition coefficient (Wildman–Crippen LogP) is 4.65. The summed E-state index contributed by atoms with van der Waals surface area (Å²) in [5.41, 5.74) is -0.0802. The third-order valence-corrected chi connectivity index (χ3v) is 7.01. The van der Waals surface area contributed by atoms with Crippen LogP contribution in [0.15, 0.2) is 16.9 Å². The van der Waals surface area contributed by atoms with Crippen molar-refractivity contribution >= 4 is 34.3 Å². The van der Waals surface area contributed by atoms with Gasteiger partial charge in [0.25, 0.3) is 5.56 Å². The zero-order valence-electron chi connectivity index (χ0n) is 16.3. The molecule has 2 aliphatic rings. The molecule has 1 N–H and O–H groups in total. The van der Waals surface area contributed by atoms with Gasteiger partial charge in [-0.2, -0.15) is 11.8 Å². The number of nitrogens with one attached hydrogen (secondary N) is 1. The molecule has 0 unspecified atom stereocenters. The van der Waals surface area contributed by atoms with E-state index in [1.54, 1.807) is 17.8 Å². The van der Waals surface area contributed by atoms with Crippen LogP contribution in [-0.2, 0) is 10.5 Å². The first-order chi connectivity index (χ1) is 14.1. The average Bonchev–Trinajstić information content (AvgIpc) is 3.54. The molecular formula is C21H26ClFN2O3S. The van der Waals surface area contributed by atoms with E-state index in [4.69, 9.17) is 21.1 Å². The SMILES string of the molecule is O=c1[nH]c(CSC2CCC(OCCCl)CC2)nc2cc(OCC3CC3)cc(F)c12. The van der Waals surface area contributed by atoms with Crippen LogP contribution in [0.25, 0.3) is 10.9 Å². The number of aromatic amines is 1. The quantitative estimate of drug-likeness (QED) is 0.575. The molecule has 29 heavy (non-hydrogen) atoms. The summed E-state index contributed by atoms with van der Waals surface area (Å²) >= 11 is 7.46. The Kier molecular flexibility index (Phi) is 6.98. The molecule has 1 aromatic carbocycles. The lowest BCUT2D eigenvalue weighted by Gasteiger charge is -2.27. The molecule has 0 atom stereocenters. The number of rotatable bonds is 9. The molecule has 1 heterocycles. The van der Waals surface area contributed by atoms with Crippen molar-refractivity contribution < 1.29 is 13.9 Å². The van der Waals surface area contributed by atoms with Crippen LogP contribution >= 0.6 is 23.4 Å². The van der Waals surface area contributed by atoms with Gasteiger partial charge in [-0.05, 0) is 44.4 Å². The minimum absolute atomic E-state index is 0.00512. The van der Waals surface area contributed by atoms with E-state index in [9.17, 15) is 9.18 Å². The second-order valence-corrected chi connectivity index (χ2v) is 9.50. The van der Waals surface area contributed by atoms with E-state index >= 15 is 0 Å². The Balaban J connectivity index is 1.39. The standard InChI is InChI=1S/C21H26ClFN2O3S/c22-7-8-27-14-3-5-16(6-4-14)29-12-19-24-18-10-15(28-11-13-1-2-13)9-17(23)20(18)21(26)25-19/h9-10,13-14,16H,1-8,11-12H2,(H,24,25,26). The van der Waals surface area contributed by atoms with Gasteiger partial charge in [-0.25, -0.2) is 9.37 Å². The summed E-state index contributed by atoms with van der Waals surface area (Å²) in [5.74, 6) is 2.13. The number of H-pyrrole nitrogens is 1. The van der Waals surface area contributed by atoms with Crippen LogP contribution in [0.2, 0.25) is 0 Å². The number of fused-ring (bicyclic) bond motifs is 1. The van der Waals surface area contributed by atoms with Crippen molar-refractivity contribution in [2.24, 2.45) is 5.92 Å². The highest BCUT2D eigenvalue weighted by Crippen LogP contribution is 2.32. The number of aromatic nitrogens is 2. The minimum Gasteiger partial charge on any atom is -0.493 e. The molecule has 0 spiro atoms. The summed E-state index contributed by atoms with van der Waals surface area (Å²) in [6.45, 7) is 1.20. The summed E-state index contributed by atoms with van der Waals surface area (Å²) in [5, 5.41) is 0.506. The second-order valence-electron chi connectivity index (χ2n) is 7.84. The van der Waals surface area contributed by atoms with Crippen molar-refractivity contribution in [2.45, 2.75) is 55.6 Å². The van der Waals surface area contributed by atoms with E-state index < -0.39 is 11.4 Å². The fourth-order valence-electron chi connectivity index (χ4n) is 3.67.